The van der Waals surface area contributed by atoms with Crippen LogP contribution in [-0.4, -0.2) is 50.6 Å². The van der Waals surface area contributed by atoms with Crippen molar-refractivity contribution < 1.29 is 25.2 Å². The highest BCUT2D eigenvalue weighted by Crippen LogP contribution is 2.31. The zero-order chi connectivity index (χ0) is 8.65. The van der Waals surface area contributed by atoms with Crippen molar-refractivity contribution in [1.82, 2.24) is 0 Å². The largest absolute Gasteiger partial charge is 0.394 e. The molecule has 0 bridgehead atoms. The second-order valence-corrected chi connectivity index (χ2v) is 2.92. The molecule has 0 spiro atoms. The molecule has 4 N–H and O–H groups in total. The van der Waals surface area contributed by atoms with Crippen LogP contribution in [-0.2, 0) is 4.74 Å². The van der Waals surface area contributed by atoms with Gasteiger partial charge in [-0.15, -0.1) is 0 Å². The van der Waals surface area contributed by atoms with Crippen LogP contribution in [0.1, 0.15) is 0 Å². The van der Waals surface area contributed by atoms with Crippen LogP contribution in [0.4, 0.5) is 0 Å². The molecule has 0 saturated carbocycles. The van der Waals surface area contributed by atoms with Gasteiger partial charge in [-0.3, -0.25) is 0 Å². The summed E-state index contributed by atoms with van der Waals surface area (Å²) in [7, 11) is 0. The first-order chi connectivity index (χ1) is 4.99. The standard InChI is InChI=1S/C5H9ClO5/c6-5(10)4(9)3(8)2(1-7)11-5/h2-4,7-10H,1H2/t2-,3-,4-,5?/m1/s1. The average Bonchev–Trinajstić information content (AvgIpc) is 2.13. The van der Waals surface area contributed by atoms with Gasteiger partial charge < -0.3 is 25.2 Å². The second kappa shape index (κ2) is 2.85. The Kier molecular flexibility index (Phi) is 2.38. The molecule has 1 saturated heterocycles. The Bertz CT molecular complexity index is 150. The zero-order valence-corrected chi connectivity index (χ0v) is 6.27. The lowest BCUT2D eigenvalue weighted by molar-refractivity contribution is -0.169. The first-order valence-corrected chi connectivity index (χ1v) is 3.43. The summed E-state index contributed by atoms with van der Waals surface area (Å²) in [5.41, 5.74) is 0. The van der Waals surface area contributed by atoms with Crippen molar-refractivity contribution in [3.63, 3.8) is 0 Å². The highest BCUT2D eigenvalue weighted by atomic mass is 35.5. The topological polar surface area (TPSA) is 90.2 Å². The molecule has 0 aromatic heterocycles. The fraction of sp³-hybridized carbons (Fsp3) is 1.00. The lowest BCUT2D eigenvalue weighted by Crippen LogP contribution is -2.38. The molecule has 1 aliphatic rings. The van der Waals surface area contributed by atoms with Gasteiger partial charge in [0, 0.05) is 0 Å². The Morgan fingerprint density at radius 2 is 2.00 bits per heavy atom. The molecule has 1 rings (SSSR count). The molecule has 0 amide bonds. The van der Waals surface area contributed by atoms with E-state index in [2.05, 4.69) is 4.74 Å². The van der Waals surface area contributed by atoms with E-state index in [0.717, 1.165) is 0 Å². The normalized spacial score (nSPS) is 51.5. The number of rotatable bonds is 1. The van der Waals surface area contributed by atoms with E-state index in [-0.39, 0.29) is 0 Å². The number of aliphatic hydroxyl groups excluding tert-OH is 3. The molecular formula is C5H9ClO5. The molecule has 1 fully saturated rings. The molecule has 0 radical (unpaired) electrons. The third kappa shape index (κ3) is 1.48. The van der Waals surface area contributed by atoms with Crippen LogP contribution in [0, 0.1) is 0 Å². The summed E-state index contributed by atoms with van der Waals surface area (Å²) < 4.78 is 4.49. The Labute approximate surface area is 67.8 Å². The molecule has 0 aromatic carbocycles. The number of hydrogen-bond acceptors (Lipinski definition) is 5. The van der Waals surface area contributed by atoms with Crippen LogP contribution < -0.4 is 0 Å². The van der Waals surface area contributed by atoms with Crippen LogP contribution in [0.2, 0.25) is 0 Å². The van der Waals surface area contributed by atoms with Gasteiger partial charge in [0.05, 0.1) is 6.61 Å². The monoisotopic (exact) mass is 184 g/mol. The fourth-order valence-electron chi connectivity index (χ4n) is 0.911. The van der Waals surface area contributed by atoms with Crippen molar-refractivity contribution >= 4 is 11.6 Å². The van der Waals surface area contributed by atoms with Gasteiger partial charge in [-0.2, -0.15) is 0 Å². The van der Waals surface area contributed by atoms with Gasteiger partial charge in [0.2, 0.25) is 0 Å². The quantitative estimate of drug-likeness (QED) is 0.354. The summed E-state index contributed by atoms with van der Waals surface area (Å²) in [6.07, 6.45) is -3.99. The second-order valence-electron chi connectivity index (χ2n) is 2.38. The molecule has 0 aromatic rings. The smallest absolute Gasteiger partial charge is 0.276 e. The van der Waals surface area contributed by atoms with E-state index < -0.39 is 30.2 Å². The summed E-state index contributed by atoms with van der Waals surface area (Å²) in [5, 5.41) is 33.2. The van der Waals surface area contributed by atoms with E-state index in [0.29, 0.717) is 0 Å². The van der Waals surface area contributed by atoms with Gasteiger partial charge in [-0.1, -0.05) is 11.6 Å². The number of hydrogen-bond donors (Lipinski definition) is 4. The number of aliphatic hydroxyl groups is 4. The van der Waals surface area contributed by atoms with Crippen molar-refractivity contribution in [1.29, 1.82) is 0 Å². The maximum absolute atomic E-state index is 9.01. The summed E-state index contributed by atoms with van der Waals surface area (Å²) in [4.78, 5) is 0. The molecule has 0 aliphatic carbocycles. The third-order valence-corrected chi connectivity index (χ3v) is 1.88. The summed E-state index contributed by atoms with van der Waals surface area (Å²) in [6, 6.07) is 0. The first kappa shape index (κ1) is 9.18. The lowest BCUT2D eigenvalue weighted by atomic mass is 10.1. The molecule has 11 heavy (non-hydrogen) atoms. The maximum Gasteiger partial charge on any atom is 0.276 e. The molecule has 1 aliphatic heterocycles. The molecule has 66 valence electrons. The van der Waals surface area contributed by atoms with Crippen LogP contribution in [0.25, 0.3) is 0 Å². The van der Waals surface area contributed by atoms with Gasteiger partial charge in [-0.25, -0.2) is 0 Å². The van der Waals surface area contributed by atoms with Gasteiger partial charge in [-0.05, 0) is 0 Å². The Morgan fingerprint density at radius 3 is 2.18 bits per heavy atom. The number of alkyl halides is 1. The third-order valence-electron chi connectivity index (χ3n) is 1.57. The fourth-order valence-corrected chi connectivity index (χ4v) is 1.15. The van der Waals surface area contributed by atoms with Crippen LogP contribution in [0.15, 0.2) is 0 Å². The van der Waals surface area contributed by atoms with Gasteiger partial charge in [0.15, 0.2) is 6.10 Å². The van der Waals surface area contributed by atoms with E-state index in [1.54, 1.807) is 0 Å². The Hall–Kier alpha value is 0.0900. The van der Waals surface area contributed by atoms with Crippen LogP contribution in [0.3, 0.4) is 0 Å². The average molecular weight is 185 g/mol. The van der Waals surface area contributed by atoms with Gasteiger partial charge in [0.1, 0.15) is 12.2 Å². The van der Waals surface area contributed by atoms with E-state index >= 15 is 0 Å². The molecular weight excluding hydrogens is 176 g/mol. The molecule has 6 heteroatoms. The molecule has 1 unspecified atom stereocenters. The summed E-state index contributed by atoms with van der Waals surface area (Å²) >= 11 is 5.20. The van der Waals surface area contributed by atoms with Crippen molar-refractivity contribution in [2.24, 2.45) is 0 Å². The van der Waals surface area contributed by atoms with E-state index in [4.69, 9.17) is 32.0 Å². The molecule has 5 nitrogen and oxygen atoms in total. The molecule has 1 heterocycles. The SMILES string of the molecule is OC[C@H]1OC(O)(Cl)[C@H](O)[C@@H]1O. The number of halogens is 1. The predicted octanol–water partition coefficient (Wildman–Crippen LogP) is -2.02. The predicted molar refractivity (Wildman–Crippen MR) is 34.8 cm³/mol. The van der Waals surface area contributed by atoms with Crippen LogP contribution in [0.5, 0.6) is 0 Å². The summed E-state index contributed by atoms with van der Waals surface area (Å²) in [5.74, 6) is 0. The van der Waals surface area contributed by atoms with Gasteiger partial charge >= 0.3 is 0 Å². The first-order valence-electron chi connectivity index (χ1n) is 3.05. The highest BCUT2D eigenvalue weighted by molar-refractivity contribution is 6.22. The van der Waals surface area contributed by atoms with Crippen molar-refractivity contribution in [2.75, 3.05) is 6.61 Å². The lowest BCUT2D eigenvalue weighted by Gasteiger charge is -2.16. The minimum Gasteiger partial charge on any atom is -0.394 e. The van der Waals surface area contributed by atoms with Crippen molar-refractivity contribution in [2.45, 2.75) is 23.6 Å². The summed E-state index contributed by atoms with van der Waals surface area (Å²) in [6.45, 7) is -0.507. The Balaban J connectivity index is 2.69. The van der Waals surface area contributed by atoms with Gasteiger partial charge in [0.25, 0.3) is 5.25 Å². The minimum absolute atomic E-state index is 0.507. The van der Waals surface area contributed by atoms with Crippen molar-refractivity contribution in [3.8, 4) is 0 Å². The minimum atomic E-state index is -2.28. The van der Waals surface area contributed by atoms with Crippen LogP contribution >= 0.6 is 11.6 Å². The highest BCUT2D eigenvalue weighted by Gasteiger charge is 2.52. The maximum atomic E-state index is 9.01. The Morgan fingerprint density at radius 1 is 1.45 bits per heavy atom. The zero-order valence-electron chi connectivity index (χ0n) is 5.51. The number of ether oxygens (including phenoxy) is 1. The van der Waals surface area contributed by atoms with E-state index in [1.807, 2.05) is 0 Å². The molecule has 4 atom stereocenters. The van der Waals surface area contributed by atoms with E-state index in [9.17, 15) is 0 Å². The van der Waals surface area contributed by atoms with E-state index in [1.165, 1.54) is 0 Å². The van der Waals surface area contributed by atoms with Crippen molar-refractivity contribution in [3.05, 3.63) is 0 Å².